The average molecular weight is 435 g/mol. The van der Waals surface area contributed by atoms with Crippen LogP contribution in [0.2, 0.25) is 0 Å². The molecule has 0 bridgehead atoms. The summed E-state index contributed by atoms with van der Waals surface area (Å²) in [6.45, 7) is 6.13. The summed E-state index contributed by atoms with van der Waals surface area (Å²) in [6.07, 6.45) is 0.385. The quantitative estimate of drug-likeness (QED) is 0.423. The second-order valence-corrected chi connectivity index (χ2v) is 8.12. The van der Waals surface area contributed by atoms with Crippen molar-refractivity contribution in [3.63, 3.8) is 0 Å². The number of nitrogens with one attached hydrogen (secondary N) is 2. The molecule has 2 aliphatic heterocycles. The first-order valence-electron chi connectivity index (χ1n) is 10.3. The zero-order valence-corrected chi connectivity index (χ0v) is 18.1. The van der Waals surface area contributed by atoms with Crippen LogP contribution >= 0.6 is 0 Å². The number of aromatic hydroxyl groups is 1. The molecule has 0 aliphatic carbocycles. The molecule has 0 saturated carbocycles. The Kier molecular flexibility index (Phi) is 5.67. The minimum atomic E-state index is -0.907. The van der Waals surface area contributed by atoms with Gasteiger partial charge >= 0.3 is 11.9 Å². The van der Waals surface area contributed by atoms with Crippen LogP contribution in [0, 0.1) is 13.8 Å². The van der Waals surface area contributed by atoms with Crippen LogP contribution in [-0.4, -0.2) is 46.1 Å². The summed E-state index contributed by atoms with van der Waals surface area (Å²) in [5.74, 6) is -1.42. The minimum absolute atomic E-state index is 0.0132. The van der Waals surface area contributed by atoms with Gasteiger partial charge in [0.15, 0.2) is 5.71 Å². The van der Waals surface area contributed by atoms with E-state index in [9.17, 15) is 19.8 Å². The number of para-hydroxylation sites is 1. The number of phenols is 1. The number of carboxylic acids is 1. The Morgan fingerprint density at radius 1 is 1.22 bits per heavy atom. The Morgan fingerprint density at radius 3 is 2.69 bits per heavy atom. The predicted octanol–water partition coefficient (Wildman–Crippen LogP) is 2.73. The van der Waals surface area contributed by atoms with Gasteiger partial charge in [0, 0.05) is 18.0 Å². The molecule has 1 saturated heterocycles. The molecule has 166 valence electrons. The molecule has 4 rings (SSSR count). The molecule has 2 atom stereocenters. The number of carbonyl (C=O) groups excluding carboxylic acids is 1. The average Bonchev–Trinajstić information content (AvgIpc) is 3.35. The summed E-state index contributed by atoms with van der Waals surface area (Å²) >= 11 is 0. The molecule has 9 nitrogen and oxygen atoms in total. The van der Waals surface area contributed by atoms with Gasteiger partial charge < -0.3 is 15.5 Å². The number of hydrazone groups is 2. The number of aryl methyl sites for hydroxylation is 2. The van der Waals surface area contributed by atoms with Crippen molar-refractivity contribution in [2.45, 2.75) is 39.2 Å². The Hall–Kier alpha value is -3.72. The number of nitrogens with zero attached hydrogens (tertiary/aromatic N) is 3. The van der Waals surface area contributed by atoms with Gasteiger partial charge in [-0.05, 0) is 56.5 Å². The lowest BCUT2D eigenvalue weighted by atomic mass is 9.95. The fraction of sp³-hybridized carbons (Fsp3) is 0.304. The normalized spacial score (nSPS) is 21.8. The highest BCUT2D eigenvalue weighted by Crippen LogP contribution is 2.37. The van der Waals surface area contributed by atoms with Crippen LogP contribution in [0.3, 0.4) is 0 Å². The summed E-state index contributed by atoms with van der Waals surface area (Å²) < 4.78 is 0. The molecule has 1 amide bonds. The minimum Gasteiger partial charge on any atom is -0.505 e. The number of amides is 1. The molecular formula is C23H25N5O4. The van der Waals surface area contributed by atoms with E-state index in [2.05, 4.69) is 20.9 Å². The summed E-state index contributed by atoms with van der Waals surface area (Å²) in [5, 5.41) is 32.7. The highest BCUT2D eigenvalue weighted by atomic mass is 16.4. The molecule has 32 heavy (non-hydrogen) atoms. The van der Waals surface area contributed by atoms with E-state index < -0.39 is 12.0 Å². The highest BCUT2D eigenvalue weighted by molar-refractivity contribution is 6.71. The number of hydrogen-bond acceptors (Lipinski definition) is 7. The molecule has 2 aromatic carbocycles. The maximum atomic E-state index is 12.9. The third-order valence-corrected chi connectivity index (χ3v) is 5.95. The molecule has 0 spiro atoms. The third-order valence-electron chi connectivity index (χ3n) is 5.95. The molecule has 2 heterocycles. The van der Waals surface area contributed by atoms with E-state index in [0.29, 0.717) is 35.6 Å². The molecule has 0 radical (unpaired) electrons. The third kappa shape index (κ3) is 3.94. The SMILES string of the molecule is CC1=NN(c2ccc(C)c(C)c2)C(=O)/C1=N\Nc1cccc(C2CNC(C(=O)O)C2)c1O. The van der Waals surface area contributed by atoms with E-state index in [0.717, 1.165) is 11.1 Å². The van der Waals surface area contributed by atoms with Crippen molar-refractivity contribution >= 4 is 34.7 Å². The molecule has 0 aromatic heterocycles. The molecule has 2 unspecified atom stereocenters. The Balaban J connectivity index is 1.53. The molecule has 2 aromatic rings. The first-order chi connectivity index (χ1) is 15.3. The van der Waals surface area contributed by atoms with E-state index in [1.54, 1.807) is 25.1 Å². The monoisotopic (exact) mass is 435 g/mol. The van der Waals surface area contributed by atoms with E-state index >= 15 is 0 Å². The molecule has 4 N–H and O–H groups in total. The van der Waals surface area contributed by atoms with Crippen LogP contribution in [0.4, 0.5) is 11.4 Å². The first-order valence-corrected chi connectivity index (χ1v) is 10.3. The molecule has 2 aliphatic rings. The van der Waals surface area contributed by atoms with Gasteiger partial charge in [0.2, 0.25) is 0 Å². The lowest BCUT2D eigenvalue weighted by Gasteiger charge is -2.14. The fourth-order valence-corrected chi connectivity index (χ4v) is 3.92. The van der Waals surface area contributed by atoms with Crippen LogP contribution in [0.1, 0.15) is 36.0 Å². The maximum absolute atomic E-state index is 12.9. The second-order valence-electron chi connectivity index (χ2n) is 8.12. The van der Waals surface area contributed by atoms with Crippen molar-refractivity contribution in [1.82, 2.24) is 5.32 Å². The van der Waals surface area contributed by atoms with Crippen LogP contribution in [0.15, 0.2) is 46.6 Å². The number of carboxylic acid groups (broad SMARTS) is 1. The summed E-state index contributed by atoms with van der Waals surface area (Å²) in [6, 6.07) is 10.2. The Morgan fingerprint density at radius 2 is 2.00 bits per heavy atom. The largest absolute Gasteiger partial charge is 0.505 e. The maximum Gasteiger partial charge on any atom is 0.320 e. The van der Waals surface area contributed by atoms with Crippen LogP contribution in [0.5, 0.6) is 5.75 Å². The topological polar surface area (TPSA) is 127 Å². The smallest absolute Gasteiger partial charge is 0.320 e. The number of phenolic OH excluding ortho intramolecular Hbond substituents is 1. The number of aliphatic carboxylic acids is 1. The number of hydrogen-bond donors (Lipinski definition) is 4. The van der Waals surface area contributed by atoms with E-state index in [1.165, 1.54) is 5.01 Å². The standard InChI is InChI=1S/C23H25N5O4/c1-12-7-8-16(9-13(12)2)28-22(30)20(14(3)27-28)26-25-18-6-4-5-17(21(18)29)15-10-19(23(31)32)24-11-15/h4-9,15,19,24-25,29H,10-11H2,1-3H3,(H,31,32)/b26-20-. The van der Waals surface area contributed by atoms with Gasteiger partial charge in [0.05, 0.1) is 17.1 Å². The summed E-state index contributed by atoms with van der Waals surface area (Å²) in [4.78, 5) is 24.1. The molecular weight excluding hydrogens is 410 g/mol. The first kappa shape index (κ1) is 21.5. The van der Waals surface area contributed by atoms with E-state index in [4.69, 9.17) is 0 Å². The van der Waals surface area contributed by atoms with E-state index in [1.807, 2.05) is 32.0 Å². The van der Waals surface area contributed by atoms with Crippen molar-refractivity contribution in [3.05, 3.63) is 53.1 Å². The summed E-state index contributed by atoms with van der Waals surface area (Å²) in [7, 11) is 0. The van der Waals surface area contributed by atoms with Crippen molar-refractivity contribution < 1.29 is 19.8 Å². The van der Waals surface area contributed by atoms with Crippen molar-refractivity contribution in [3.8, 4) is 5.75 Å². The van der Waals surface area contributed by atoms with Gasteiger partial charge in [-0.3, -0.25) is 15.0 Å². The number of benzene rings is 2. The number of anilines is 2. The lowest BCUT2D eigenvalue weighted by Crippen LogP contribution is -2.29. The second kappa shape index (κ2) is 8.43. The zero-order chi connectivity index (χ0) is 23.0. The number of carbonyl (C=O) groups is 2. The Bertz CT molecular complexity index is 1160. The van der Waals surface area contributed by atoms with E-state index in [-0.39, 0.29) is 23.3 Å². The summed E-state index contributed by atoms with van der Waals surface area (Å²) in [5.41, 5.74) is 7.20. The van der Waals surface area contributed by atoms with Crippen LogP contribution < -0.4 is 15.8 Å². The van der Waals surface area contributed by atoms with Crippen LogP contribution in [-0.2, 0) is 9.59 Å². The highest BCUT2D eigenvalue weighted by Gasteiger charge is 2.33. The van der Waals surface area contributed by atoms with Crippen molar-refractivity contribution in [1.29, 1.82) is 0 Å². The predicted molar refractivity (Wildman–Crippen MR) is 122 cm³/mol. The van der Waals surface area contributed by atoms with Gasteiger partial charge in [-0.25, -0.2) is 0 Å². The Labute approximate surface area is 185 Å². The zero-order valence-electron chi connectivity index (χ0n) is 18.1. The van der Waals surface area contributed by atoms with Crippen molar-refractivity contribution in [2.75, 3.05) is 17.0 Å². The van der Waals surface area contributed by atoms with Gasteiger partial charge in [-0.1, -0.05) is 18.2 Å². The van der Waals surface area contributed by atoms with Gasteiger partial charge in [-0.15, -0.1) is 0 Å². The van der Waals surface area contributed by atoms with Crippen LogP contribution in [0.25, 0.3) is 0 Å². The van der Waals surface area contributed by atoms with Gasteiger partial charge in [-0.2, -0.15) is 15.2 Å². The van der Waals surface area contributed by atoms with Crippen molar-refractivity contribution in [2.24, 2.45) is 10.2 Å². The number of rotatable bonds is 5. The fourth-order valence-electron chi connectivity index (χ4n) is 3.92. The van der Waals surface area contributed by atoms with Gasteiger partial charge in [0.1, 0.15) is 11.8 Å². The lowest BCUT2D eigenvalue weighted by molar-refractivity contribution is -0.139. The van der Waals surface area contributed by atoms with Gasteiger partial charge in [0.25, 0.3) is 0 Å². The molecule has 9 heteroatoms. The molecule has 1 fully saturated rings.